The van der Waals surface area contributed by atoms with E-state index in [4.69, 9.17) is 5.73 Å². The van der Waals surface area contributed by atoms with E-state index >= 15 is 0 Å². The van der Waals surface area contributed by atoms with Crippen molar-refractivity contribution in [3.8, 4) is 0 Å². The molecule has 2 amide bonds. The van der Waals surface area contributed by atoms with Crippen LogP contribution in [-0.2, 0) is 43.3 Å². The molecular formula is C26H27F4N5O2SW. The number of halogens is 4. The van der Waals surface area contributed by atoms with Crippen molar-refractivity contribution in [3.05, 3.63) is 75.0 Å². The van der Waals surface area contributed by atoms with Crippen molar-refractivity contribution < 1.29 is 48.2 Å². The van der Waals surface area contributed by atoms with Crippen LogP contribution < -0.4 is 5.32 Å². The van der Waals surface area contributed by atoms with Crippen LogP contribution in [0.5, 0.6) is 0 Å². The molecule has 0 radical (unpaired) electrons. The molecule has 2 aromatic rings. The number of rotatable bonds is 7. The fraction of sp³-hybridized carbons (Fsp3) is 0.423. The van der Waals surface area contributed by atoms with Crippen LogP contribution in [0, 0.1) is 19.7 Å². The molecule has 0 aromatic heterocycles. The summed E-state index contributed by atoms with van der Waals surface area (Å²) in [6.07, 6.45) is -3.22. The van der Waals surface area contributed by atoms with Crippen molar-refractivity contribution in [1.82, 2.24) is 9.62 Å². The van der Waals surface area contributed by atoms with Gasteiger partial charge in [0.25, 0.3) is 5.91 Å². The maximum absolute atomic E-state index is 13.7. The Hall–Kier alpha value is -2.27. The van der Waals surface area contributed by atoms with Gasteiger partial charge in [-0.25, -0.2) is 4.39 Å². The first-order valence-electron chi connectivity index (χ1n) is 12.1. The molecule has 208 valence electrons. The Bertz CT molecular complexity index is 1260. The molecule has 2 N–H and O–H groups in total. The summed E-state index contributed by atoms with van der Waals surface area (Å²) in [6.45, 7) is 4.71. The Kier molecular flexibility index (Phi) is 10.0. The van der Waals surface area contributed by atoms with E-state index in [2.05, 4.69) is 19.9 Å². The molecule has 39 heavy (non-hydrogen) atoms. The summed E-state index contributed by atoms with van der Waals surface area (Å²) in [6, 6.07) is 6.29. The molecule has 0 atom stereocenters. The van der Waals surface area contributed by atoms with E-state index in [1.807, 2.05) is 26.0 Å². The average molecular weight is 733 g/mol. The number of hydrogen-bond acceptors (Lipinski definition) is 5. The fourth-order valence-corrected chi connectivity index (χ4v) is 5.75. The van der Waals surface area contributed by atoms with Crippen molar-refractivity contribution in [3.63, 3.8) is 0 Å². The summed E-state index contributed by atoms with van der Waals surface area (Å²) in [5.41, 5.74) is 8.48. The zero-order valence-corrected chi connectivity index (χ0v) is 25.1. The number of carbonyl (C=O) groups excluding carboxylic acids is 2. The Morgan fingerprint density at radius 2 is 1.82 bits per heavy atom. The first-order valence-corrected chi connectivity index (χ1v) is 13.0. The summed E-state index contributed by atoms with van der Waals surface area (Å²) in [4.78, 5) is 28.7. The van der Waals surface area contributed by atoms with E-state index < -0.39 is 29.0 Å². The molecule has 1 spiro atoms. The number of amidine groups is 1. The fourth-order valence-electron chi connectivity index (χ4n) is 4.76. The molecule has 2 aliphatic rings. The number of hydrogen-bond donors (Lipinski definition) is 1. The van der Waals surface area contributed by atoms with Crippen LogP contribution in [-0.4, -0.2) is 52.9 Å². The summed E-state index contributed by atoms with van der Waals surface area (Å²) in [5.74, 6) is -1.37. The van der Waals surface area contributed by atoms with E-state index in [0.717, 1.165) is 29.4 Å². The van der Waals surface area contributed by atoms with Crippen molar-refractivity contribution in [2.24, 2.45) is 4.99 Å². The van der Waals surface area contributed by atoms with Crippen LogP contribution >= 0.6 is 11.9 Å². The normalized spacial score (nSPS) is 17.0. The standard InChI is InChI=1S/C26H28F4N5O2S.W/c1-15-11-18(32-22(36)14-31)12-16(2)19(15)5-10-38-35-8-6-25(7-9-35)24(37)33-23(34-25)17-3-4-21(27)20(13-17)26(28,29)30;/h3-4,11-13,31H,5-10,14H2,1-2H3,(H2,32,33,34,36,37);/q-1;+2/p-1. The van der Waals surface area contributed by atoms with Gasteiger partial charge in [-0.05, 0) is 68.0 Å². The zero-order valence-electron chi connectivity index (χ0n) is 21.3. The molecule has 1 saturated heterocycles. The number of amides is 2. The number of benzene rings is 2. The van der Waals surface area contributed by atoms with E-state index in [0.29, 0.717) is 37.7 Å². The molecule has 13 heteroatoms. The molecule has 2 aliphatic heterocycles. The Labute approximate surface area is 242 Å². The van der Waals surface area contributed by atoms with Crippen LogP contribution in [0.3, 0.4) is 0 Å². The van der Waals surface area contributed by atoms with Crippen LogP contribution in [0.2, 0.25) is 0 Å². The van der Waals surface area contributed by atoms with Gasteiger partial charge in [-0.2, -0.15) is 13.2 Å². The van der Waals surface area contributed by atoms with E-state index in [9.17, 15) is 27.2 Å². The molecule has 2 heterocycles. The average Bonchev–Trinajstić information content (AvgIpc) is 3.17. The second-order valence-electron chi connectivity index (χ2n) is 9.39. The van der Waals surface area contributed by atoms with Crippen molar-refractivity contribution >= 4 is 35.3 Å². The maximum atomic E-state index is 13.7. The quantitative estimate of drug-likeness (QED) is 0.294. The van der Waals surface area contributed by atoms with Gasteiger partial charge < -0.3 is 21.2 Å². The smallest absolute Gasteiger partial charge is 0.673 e. The predicted molar refractivity (Wildman–Crippen MR) is 139 cm³/mol. The Morgan fingerprint density at radius 1 is 1.18 bits per heavy atom. The predicted octanol–water partition coefficient (Wildman–Crippen LogP) is 5.64. The van der Waals surface area contributed by atoms with Crippen LogP contribution in [0.15, 0.2) is 35.3 Å². The van der Waals surface area contributed by atoms with Gasteiger partial charge in [0.05, 0.1) is 5.56 Å². The number of nitrogens with zero attached hydrogens (tertiary/aromatic N) is 3. The van der Waals surface area contributed by atoms with Crippen LogP contribution in [0.1, 0.15) is 40.7 Å². The number of carbonyl (C=O) groups is 2. The summed E-state index contributed by atoms with van der Waals surface area (Å²) < 4.78 is 55.2. The summed E-state index contributed by atoms with van der Waals surface area (Å²) in [7, 11) is 0. The molecule has 1 fully saturated rings. The molecule has 0 saturated carbocycles. The van der Waals surface area contributed by atoms with E-state index in [1.54, 1.807) is 11.9 Å². The molecular weight excluding hydrogens is 706 g/mol. The third-order valence-electron chi connectivity index (χ3n) is 6.79. The first kappa shape index (κ1) is 31.3. The van der Waals surface area contributed by atoms with Gasteiger partial charge in [0, 0.05) is 30.3 Å². The van der Waals surface area contributed by atoms with Crippen molar-refractivity contribution in [2.75, 3.05) is 25.4 Å². The van der Waals surface area contributed by atoms with Gasteiger partial charge in [-0.1, -0.05) is 24.1 Å². The van der Waals surface area contributed by atoms with Crippen molar-refractivity contribution in [2.45, 2.75) is 44.8 Å². The number of nitrogens with one attached hydrogen (secondary N) is 2. The largest absolute Gasteiger partial charge is 2.00 e. The van der Waals surface area contributed by atoms with E-state index in [1.165, 1.54) is 11.6 Å². The third kappa shape index (κ3) is 7.09. The number of piperidine rings is 1. The molecule has 2 aromatic carbocycles. The van der Waals surface area contributed by atoms with Gasteiger partial charge in [-0.15, -0.1) is 12.2 Å². The second kappa shape index (κ2) is 12.5. The summed E-state index contributed by atoms with van der Waals surface area (Å²) in [5, 5.41) is 6.53. The van der Waals surface area contributed by atoms with Crippen LogP contribution in [0.4, 0.5) is 23.2 Å². The minimum absolute atomic E-state index is 0. The topological polar surface area (TPSA) is 99.7 Å². The first-order chi connectivity index (χ1) is 17.9. The third-order valence-corrected chi connectivity index (χ3v) is 7.90. The van der Waals surface area contributed by atoms with Crippen molar-refractivity contribution in [1.29, 1.82) is 0 Å². The SMILES string of the molecule is Cc1cc([N-]C(=O)C[NH-])cc(C)c1CCSN1CCC2(CC1)N=C(c1ccc(F)c(C(F)(F)F)c1)NC2=O.[W+2]. The minimum Gasteiger partial charge on any atom is -0.673 e. The van der Waals surface area contributed by atoms with Gasteiger partial charge in [-0.3, -0.25) is 14.1 Å². The van der Waals surface area contributed by atoms with Gasteiger partial charge >= 0.3 is 27.2 Å². The zero-order chi connectivity index (χ0) is 27.7. The summed E-state index contributed by atoms with van der Waals surface area (Å²) >= 11 is 1.66. The Balaban J connectivity index is 0.00000420. The van der Waals surface area contributed by atoms with Gasteiger partial charge in [0.2, 0.25) is 0 Å². The monoisotopic (exact) mass is 733 g/mol. The number of aryl methyl sites for hydroxylation is 2. The molecule has 4 rings (SSSR count). The van der Waals surface area contributed by atoms with Crippen LogP contribution in [0.25, 0.3) is 11.1 Å². The maximum Gasteiger partial charge on any atom is 2.00 e. The molecule has 7 nitrogen and oxygen atoms in total. The number of alkyl halides is 3. The molecule has 0 aliphatic carbocycles. The molecule has 0 bridgehead atoms. The minimum atomic E-state index is -4.85. The second-order valence-corrected chi connectivity index (χ2v) is 10.6. The van der Waals surface area contributed by atoms with E-state index in [-0.39, 0.29) is 44.9 Å². The Morgan fingerprint density at radius 3 is 2.41 bits per heavy atom. The van der Waals surface area contributed by atoms with Gasteiger partial charge in [0.1, 0.15) is 17.2 Å². The van der Waals surface area contributed by atoms with Gasteiger partial charge in [0.15, 0.2) is 0 Å². The molecule has 0 unspecified atom stereocenters. The number of aliphatic imine (C=N–C) groups is 1.